The molecule has 0 saturated heterocycles. The fourth-order valence-electron chi connectivity index (χ4n) is 1.54. The van der Waals surface area contributed by atoms with E-state index in [2.05, 4.69) is 10.4 Å². The van der Waals surface area contributed by atoms with Gasteiger partial charge in [0.05, 0.1) is 11.3 Å². The summed E-state index contributed by atoms with van der Waals surface area (Å²) in [5.41, 5.74) is -0.614. The van der Waals surface area contributed by atoms with E-state index in [9.17, 15) is 14.0 Å². The number of carbonyl (C=O) groups excluding carboxylic acids is 1. The molecule has 1 heterocycles. The van der Waals surface area contributed by atoms with Gasteiger partial charge in [-0.15, -0.1) is 0 Å². The van der Waals surface area contributed by atoms with Crippen LogP contribution >= 0.6 is 0 Å². The van der Waals surface area contributed by atoms with E-state index in [1.165, 1.54) is 22.9 Å². The van der Waals surface area contributed by atoms with E-state index in [0.29, 0.717) is 0 Å². The van der Waals surface area contributed by atoms with Gasteiger partial charge in [0.2, 0.25) is 0 Å². The van der Waals surface area contributed by atoms with Crippen LogP contribution in [0.15, 0.2) is 30.5 Å². The van der Waals surface area contributed by atoms with Gasteiger partial charge in [0.1, 0.15) is 5.82 Å². The molecule has 2 N–H and O–H groups in total. The lowest BCUT2D eigenvalue weighted by molar-refractivity contribution is 0.0697. The zero-order chi connectivity index (χ0) is 14.0. The molecule has 2 rings (SSSR count). The first kappa shape index (κ1) is 12.7. The predicted molar refractivity (Wildman–Crippen MR) is 64.5 cm³/mol. The highest BCUT2D eigenvalue weighted by Gasteiger charge is 2.18. The van der Waals surface area contributed by atoms with Gasteiger partial charge in [0, 0.05) is 13.2 Å². The molecule has 0 saturated carbocycles. The number of hydrogen-bond acceptors (Lipinski definition) is 3. The maximum atomic E-state index is 13.6. The standard InChI is InChI=1S/C12H10FN3O3/c1-16-6-5-9(15-16)11(17)14-10-7(12(18)19)3-2-4-8(10)13/h2-6H,1H3,(H,14,17)(H,18,19). The Morgan fingerprint density at radius 1 is 1.37 bits per heavy atom. The highest BCUT2D eigenvalue weighted by molar-refractivity contribution is 6.06. The summed E-state index contributed by atoms with van der Waals surface area (Å²) >= 11 is 0. The average molecular weight is 263 g/mol. The summed E-state index contributed by atoms with van der Waals surface area (Å²) in [6.07, 6.45) is 1.55. The van der Waals surface area contributed by atoms with Crippen molar-refractivity contribution in [3.8, 4) is 0 Å². The van der Waals surface area contributed by atoms with Crippen LogP contribution in [0.2, 0.25) is 0 Å². The van der Waals surface area contributed by atoms with Crippen LogP contribution in [0.4, 0.5) is 10.1 Å². The van der Waals surface area contributed by atoms with Gasteiger partial charge in [-0.05, 0) is 18.2 Å². The van der Waals surface area contributed by atoms with Crippen LogP contribution in [0, 0.1) is 5.82 Å². The average Bonchev–Trinajstić information content (AvgIpc) is 2.78. The molecule has 0 aliphatic heterocycles. The first-order valence-electron chi connectivity index (χ1n) is 5.32. The maximum Gasteiger partial charge on any atom is 0.337 e. The van der Waals surface area contributed by atoms with Crippen LogP contribution in [0.3, 0.4) is 0 Å². The SMILES string of the molecule is Cn1ccc(C(=O)Nc2c(F)cccc2C(=O)O)n1. The Morgan fingerprint density at radius 3 is 2.68 bits per heavy atom. The number of hydrogen-bond donors (Lipinski definition) is 2. The van der Waals surface area contributed by atoms with Crippen LogP contribution in [0.25, 0.3) is 0 Å². The topological polar surface area (TPSA) is 84.2 Å². The predicted octanol–water partition coefficient (Wildman–Crippen LogP) is 1.51. The molecule has 0 fully saturated rings. The third kappa shape index (κ3) is 2.59. The van der Waals surface area contributed by atoms with E-state index in [4.69, 9.17) is 5.11 Å². The lowest BCUT2D eigenvalue weighted by atomic mass is 10.1. The molecule has 1 aromatic heterocycles. The number of amides is 1. The van der Waals surface area contributed by atoms with Crippen LogP contribution in [0.5, 0.6) is 0 Å². The molecule has 1 amide bonds. The van der Waals surface area contributed by atoms with E-state index >= 15 is 0 Å². The summed E-state index contributed by atoms with van der Waals surface area (Å²) < 4.78 is 15.0. The number of carboxylic acids is 1. The summed E-state index contributed by atoms with van der Waals surface area (Å²) in [5.74, 6) is -2.81. The van der Waals surface area contributed by atoms with Crippen molar-refractivity contribution in [2.24, 2.45) is 7.05 Å². The number of carboxylic acid groups (broad SMARTS) is 1. The Hall–Kier alpha value is -2.70. The number of aromatic nitrogens is 2. The fraction of sp³-hybridized carbons (Fsp3) is 0.0833. The second kappa shape index (κ2) is 4.89. The zero-order valence-electron chi connectivity index (χ0n) is 9.92. The van der Waals surface area contributed by atoms with Crippen molar-refractivity contribution < 1.29 is 19.1 Å². The van der Waals surface area contributed by atoms with Gasteiger partial charge < -0.3 is 10.4 Å². The first-order valence-corrected chi connectivity index (χ1v) is 5.32. The van der Waals surface area contributed by atoms with Crippen molar-refractivity contribution in [3.05, 3.63) is 47.5 Å². The summed E-state index contributed by atoms with van der Waals surface area (Å²) in [4.78, 5) is 22.8. The van der Waals surface area contributed by atoms with Crippen molar-refractivity contribution in [2.75, 3.05) is 5.32 Å². The number of halogens is 1. The summed E-state index contributed by atoms with van der Waals surface area (Å²) in [6, 6.07) is 4.98. The molecule has 0 bridgehead atoms. The number of rotatable bonds is 3. The van der Waals surface area contributed by atoms with Crippen molar-refractivity contribution in [2.45, 2.75) is 0 Å². The molecular weight excluding hydrogens is 253 g/mol. The molecule has 0 aliphatic rings. The molecule has 7 heteroatoms. The fourth-order valence-corrected chi connectivity index (χ4v) is 1.54. The lowest BCUT2D eigenvalue weighted by Gasteiger charge is -2.08. The Bertz CT molecular complexity index is 651. The molecular formula is C12H10FN3O3. The van der Waals surface area contributed by atoms with Gasteiger partial charge in [0.25, 0.3) is 5.91 Å². The Morgan fingerprint density at radius 2 is 2.11 bits per heavy atom. The zero-order valence-corrected chi connectivity index (χ0v) is 9.92. The first-order chi connectivity index (χ1) is 8.99. The number of benzene rings is 1. The van der Waals surface area contributed by atoms with E-state index < -0.39 is 17.7 Å². The van der Waals surface area contributed by atoms with Gasteiger partial charge in [-0.1, -0.05) is 6.07 Å². The van der Waals surface area contributed by atoms with E-state index in [-0.39, 0.29) is 16.9 Å². The highest BCUT2D eigenvalue weighted by Crippen LogP contribution is 2.20. The van der Waals surface area contributed by atoms with Crippen molar-refractivity contribution >= 4 is 17.6 Å². The molecule has 98 valence electrons. The third-order valence-electron chi connectivity index (χ3n) is 2.43. The molecule has 0 spiro atoms. The molecule has 2 aromatic rings. The monoisotopic (exact) mass is 263 g/mol. The third-order valence-corrected chi connectivity index (χ3v) is 2.43. The van der Waals surface area contributed by atoms with Crippen LogP contribution in [0.1, 0.15) is 20.8 Å². The van der Waals surface area contributed by atoms with Crippen molar-refractivity contribution in [1.29, 1.82) is 0 Å². The lowest BCUT2D eigenvalue weighted by Crippen LogP contribution is -2.17. The molecule has 19 heavy (non-hydrogen) atoms. The normalized spacial score (nSPS) is 10.2. The second-order valence-electron chi connectivity index (χ2n) is 3.80. The van der Waals surface area contributed by atoms with Gasteiger partial charge >= 0.3 is 5.97 Å². The summed E-state index contributed by atoms with van der Waals surface area (Å²) in [7, 11) is 1.63. The van der Waals surface area contributed by atoms with E-state index in [0.717, 1.165) is 6.07 Å². The Labute approximate surface area is 107 Å². The smallest absolute Gasteiger partial charge is 0.337 e. The number of carbonyl (C=O) groups is 2. The number of aryl methyl sites for hydroxylation is 1. The largest absolute Gasteiger partial charge is 0.478 e. The van der Waals surface area contributed by atoms with Crippen LogP contribution < -0.4 is 5.32 Å². The molecule has 6 nitrogen and oxygen atoms in total. The Balaban J connectivity index is 2.33. The second-order valence-corrected chi connectivity index (χ2v) is 3.80. The van der Waals surface area contributed by atoms with Crippen molar-refractivity contribution in [3.63, 3.8) is 0 Å². The molecule has 0 atom stereocenters. The minimum absolute atomic E-state index is 0.0714. The number of para-hydroxylation sites is 1. The minimum Gasteiger partial charge on any atom is -0.478 e. The van der Waals surface area contributed by atoms with E-state index in [1.54, 1.807) is 13.2 Å². The molecule has 0 radical (unpaired) electrons. The summed E-state index contributed by atoms with van der Waals surface area (Å²) in [6.45, 7) is 0. The van der Waals surface area contributed by atoms with Crippen molar-refractivity contribution in [1.82, 2.24) is 9.78 Å². The molecule has 0 aliphatic carbocycles. The van der Waals surface area contributed by atoms with Gasteiger partial charge in [-0.25, -0.2) is 9.18 Å². The van der Waals surface area contributed by atoms with Gasteiger partial charge in [0.15, 0.2) is 5.69 Å². The minimum atomic E-state index is -1.32. The van der Waals surface area contributed by atoms with Gasteiger partial charge in [-0.2, -0.15) is 5.10 Å². The van der Waals surface area contributed by atoms with Gasteiger partial charge in [-0.3, -0.25) is 9.48 Å². The molecule has 1 aromatic carbocycles. The van der Waals surface area contributed by atoms with Crippen LogP contribution in [-0.4, -0.2) is 26.8 Å². The number of aromatic carboxylic acids is 1. The maximum absolute atomic E-state index is 13.6. The van der Waals surface area contributed by atoms with E-state index in [1.807, 2.05) is 0 Å². The van der Waals surface area contributed by atoms with Crippen LogP contribution in [-0.2, 0) is 7.05 Å². The highest BCUT2D eigenvalue weighted by atomic mass is 19.1. The summed E-state index contributed by atoms with van der Waals surface area (Å²) in [5, 5.41) is 15.0. The quantitative estimate of drug-likeness (QED) is 0.879. The number of nitrogens with one attached hydrogen (secondary N) is 1. The number of nitrogens with zero attached hydrogens (tertiary/aromatic N) is 2. The number of anilines is 1. The Kier molecular flexibility index (Phi) is 3.28. The molecule has 0 unspecified atom stereocenters.